The molecule has 0 heterocycles. The second-order valence-electron chi connectivity index (χ2n) is 6.14. The smallest absolute Gasteiger partial charge is 0.134 e. The minimum atomic E-state index is 0.331. The van der Waals surface area contributed by atoms with Gasteiger partial charge in [0.2, 0.25) is 0 Å². The molecule has 2 rings (SSSR count). The van der Waals surface area contributed by atoms with Gasteiger partial charge in [-0.25, -0.2) is 0 Å². The fraction of sp³-hybridized carbons (Fsp3) is 0.318. The normalized spacial score (nSPS) is 11.7. The fourth-order valence-corrected chi connectivity index (χ4v) is 2.62. The van der Waals surface area contributed by atoms with Crippen LogP contribution < -0.4 is 9.47 Å². The molecular weight excluding hydrogens is 326 g/mol. The predicted molar refractivity (Wildman–Crippen MR) is 106 cm³/mol. The van der Waals surface area contributed by atoms with Crippen LogP contribution in [0.1, 0.15) is 29.2 Å². The average Bonchev–Trinajstić information content (AvgIpc) is 2.61. The van der Waals surface area contributed by atoms with E-state index in [1.165, 1.54) is 5.56 Å². The molecule has 2 aromatic rings. The maximum absolute atomic E-state index is 6.07. The van der Waals surface area contributed by atoms with Gasteiger partial charge in [0.25, 0.3) is 0 Å². The lowest BCUT2D eigenvalue weighted by molar-refractivity contribution is 0.210. The lowest BCUT2D eigenvalue weighted by Crippen LogP contribution is -2.14. The Balaban J connectivity index is 2.13. The Labute approximate surface area is 156 Å². The molecule has 0 atom stereocenters. The molecule has 0 unspecified atom stereocenters. The van der Waals surface area contributed by atoms with Crippen LogP contribution >= 0.6 is 0 Å². The molecule has 0 saturated heterocycles. The number of allylic oxidation sites excluding steroid dienone is 1. The second-order valence-corrected chi connectivity index (χ2v) is 6.14. The van der Waals surface area contributed by atoms with Gasteiger partial charge in [-0.15, -0.1) is 0 Å². The van der Waals surface area contributed by atoms with Crippen molar-refractivity contribution < 1.29 is 14.3 Å². The molecule has 0 fully saturated rings. The molecule has 0 aliphatic heterocycles. The molecule has 0 amide bonds. The highest BCUT2D eigenvalue weighted by Crippen LogP contribution is 2.28. The highest BCUT2D eigenvalue weighted by atomic mass is 16.6. The Morgan fingerprint density at radius 1 is 1.00 bits per heavy atom. The number of ether oxygens (including phenoxy) is 2. The predicted octanol–water partition coefficient (Wildman–Crippen LogP) is 5.00. The Hall–Kier alpha value is -2.75. The van der Waals surface area contributed by atoms with E-state index in [2.05, 4.69) is 12.1 Å². The maximum atomic E-state index is 6.07. The van der Waals surface area contributed by atoms with E-state index in [-0.39, 0.29) is 0 Å². The number of benzene rings is 2. The molecule has 26 heavy (non-hydrogen) atoms. The molecule has 0 aromatic heterocycles. The van der Waals surface area contributed by atoms with Crippen molar-refractivity contribution in [2.75, 3.05) is 20.3 Å². The van der Waals surface area contributed by atoms with Gasteiger partial charge >= 0.3 is 0 Å². The summed E-state index contributed by atoms with van der Waals surface area (Å²) in [7, 11) is 1.54. The number of rotatable bonds is 8. The van der Waals surface area contributed by atoms with Crippen molar-refractivity contribution in [3.8, 4) is 11.5 Å². The van der Waals surface area contributed by atoms with E-state index < -0.39 is 0 Å². The number of oxime groups is 1. The quantitative estimate of drug-likeness (QED) is 0.381. The van der Waals surface area contributed by atoms with Crippen molar-refractivity contribution in [2.24, 2.45) is 5.16 Å². The molecule has 0 spiro atoms. The third-order valence-electron chi connectivity index (χ3n) is 3.96. The molecule has 0 bridgehead atoms. The molecule has 0 saturated carbocycles. The Morgan fingerprint density at radius 3 is 2.23 bits per heavy atom. The molecule has 0 aliphatic carbocycles. The summed E-state index contributed by atoms with van der Waals surface area (Å²) in [4.78, 5) is 4.99. The molecule has 0 aliphatic rings. The van der Waals surface area contributed by atoms with Crippen LogP contribution in [0.25, 0.3) is 0 Å². The number of hydrogen-bond acceptors (Lipinski definition) is 4. The standard InChI is InChI=1S/C22H27NO3/c1-6-7-12-25-20-13-17(3)22(18(4)14-20)26-15-21(23-24-5)19-10-8-16(2)9-11-19/h6-11,13-14H,12,15H2,1-5H3/b7-6+,23-21+. The maximum Gasteiger partial charge on any atom is 0.134 e. The van der Waals surface area contributed by atoms with Crippen molar-refractivity contribution in [1.82, 2.24) is 0 Å². The Morgan fingerprint density at radius 2 is 1.65 bits per heavy atom. The van der Waals surface area contributed by atoms with E-state index in [1.807, 2.05) is 69.3 Å². The van der Waals surface area contributed by atoms with Gasteiger partial charge in [0.05, 0.1) is 0 Å². The molecule has 2 aromatic carbocycles. The van der Waals surface area contributed by atoms with Crippen molar-refractivity contribution >= 4 is 5.71 Å². The first-order chi connectivity index (χ1) is 12.5. The van der Waals surface area contributed by atoms with Crippen LogP contribution in [0.4, 0.5) is 0 Å². The van der Waals surface area contributed by atoms with E-state index in [4.69, 9.17) is 14.3 Å². The van der Waals surface area contributed by atoms with Gasteiger partial charge < -0.3 is 14.3 Å². The van der Waals surface area contributed by atoms with Crippen LogP contribution in [0.5, 0.6) is 11.5 Å². The third-order valence-corrected chi connectivity index (χ3v) is 3.96. The third kappa shape index (κ3) is 5.38. The van der Waals surface area contributed by atoms with Gasteiger partial charge in [0.15, 0.2) is 0 Å². The van der Waals surface area contributed by atoms with Gasteiger partial charge in [0.1, 0.15) is 37.5 Å². The summed E-state index contributed by atoms with van der Waals surface area (Å²) in [6.07, 6.45) is 3.95. The van der Waals surface area contributed by atoms with Crippen molar-refractivity contribution in [3.05, 3.63) is 70.8 Å². The number of hydrogen-bond donors (Lipinski definition) is 0. The van der Waals surface area contributed by atoms with Gasteiger partial charge in [-0.3, -0.25) is 0 Å². The zero-order valence-electron chi connectivity index (χ0n) is 16.2. The summed E-state index contributed by atoms with van der Waals surface area (Å²) >= 11 is 0. The first-order valence-corrected chi connectivity index (χ1v) is 8.70. The van der Waals surface area contributed by atoms with Crippen LogP contribution in [-0.2, 0) is 4.84 Å². The summed E-state index contributed by atoms with van der Waals surface area (Å²) < 4.78 is 11.8. The largest absolute Gasteiger partial charge is 0.490 e. The molecule has 4 nitrogen and oxygen atoms in total. The number of nitrogens with zero attached hydrogens (tertiary/aromatic N) is 1. The van der Waals surface area contributed by atoms with Gasteiger partial charge in [-0.1, -0.05) is 47.1 Å². The van der Waals surface area contributed by atoms with Crippen LogP contribution in [0.2, 0.25) is 0 Å². The first-order valence-electron chi connectivity index (χ1n) is 8.70. The summed E-state index contributed by atoms with van der Waals surface area (Å²) in [5.74, 6) is 1.69. The van der Waals surface area contributed by atoms with Crippen LogP contribution in [0.15, 0.2) is 53.7 Å². The first kappa shape index (κ1) is 19.6. The SMILES string of the molecule is C/C=C/COc1cc(C)c(OC/C(=N\OC)c2ccc(C)cc2)c(C)c1. The highest BCUT2D eigenvalue weighted by Gasteiger charge is 2.11. The lowest BCUT2D eigenvalue weighted by atomic mass is 10.1. The average molecular weight is 353 g/mol. The summed E-state index contributed by atoms with van der Waals surface area (Å²) in [5.41, 5.74) is 4.99. The highest BCUT2D eigenvalue weighted by molar-refractivity contribution is 6.01. The zero-order valence-corrected chi connectivity index (χ0v) is 16.2. The lowest BCUT2D eigenvalue weighted by Gasteiger charge is -2.15. The van der Waals surface area contributed by atoms with Crippen molar-refractivity contribution in [3.63, 3.8) is 0 Å². The molecule has 0 N–H and O–H groups in total. The Kier molecular flexibility index (Phi) is 7.27. The second kappa shape index (κ2) is 9.66. The monoisotopic (exact) mass is 353 g/mol. The van der Waals surface area contributed by atoms with E-state index in [1.54, 1.807) is 7.11 Å². The molecule has 138 valence electrons. The van der Waals surface area contributed by atoms with Gasteiger partial charge in [0, 0.05) is 5.56 Å². The minimum absolute atomic E-state index is 0.331. The van der Waals surface area contributed by atoms with Crippen LogP contribution in [-0.4, -0.2) is 26.0 Å². The van der Waals surface area contributed by atoms with Crippen molar-refractivity contribution in [2.45, 2.75) is 27.7 Å². The fourth-order valence-electron chi connectivity index (χ4n) is 2.62. The van der Waals surface area contributed by atoms with E-state index in [0.717, 1.165) is 33.9 Å². The summed E-state index contributed by atoms with van der Waals surface area (Å²) in [6.45, 7) is 8.96. The van der Waals surface area contributed by atoms with Gasteiger partial charge in [-0.05, 0) is 51.0 Å². The minimum Gasteiger partial charge on any atom is -0.490 e. The summed E-state index contributed by atoms with van der Waals surface area (Å²) in [5, 5.41) is 4.13. The van der Waals surface area contributed by atoms with Gasteiger partial charge in [-0.2, -0.15) is 0 Å². The van der Waals surface area contributed by atoms with E-state index in [0.29, 0.717) is 13.2 Å². The summed E-state index contributed by atoms with van der Waals surface area (Å²) in [6, 6.07) is 12.1. The Bertz CT molecular complexity index is 753. The van der Waals surface area contributed by atoms with Crippen LogP contribution in [0, 0.1) is 20.8 Å². The van der Waals surface area contributed by atoms with Crippen molar-refractivity contribution in [1.29, 1.82) is 0 Å². The van der Waals surface area contributed by atoms with E-state index >= 15 is 0 Å². The molecule has 0 radical (unpaired) electrons. The topological polar surface area (TPSA) is 40.0 Å². The molecular formula is C22H27NO3. The zero-order chi connectivity index (χ0) is 18.9. The van der Waals surface area contributed by atoms with Crippen LogP contribution in [0.3, 0.4) is 0 Å². The number of aryl methyl sites for hydroxylation is 3. The van der Waals surface area contributed by atoms with E-state index in [9.17, 15) is 0 Å². The molecule has 4 heteroatoms.